The lowest BCUT2D eigenvalue weighted by Crippen LogP contribution is -2.45. The third-order valence-corrected chi connectivity index (χ3v) is 4.13. The molecule has 0 radical (unpaired) electrons. The van der Waals surface area contributed by atoms with E-state index in [1.807, 2.05) is 0 Å². The summed E-state index contributed by atoms with van der Waals surface area (Å²) in [7, 11) is 1.50. The number of carbonyl (C=O) groups excluding carboxylic acids is 1. The average molecular weight is 295 g/mol. The smallest absolute Gasteiger partial charge is 0.230 e. The Morgan fingerprint density at radius 1 is 1.48 bits per heavy atom. The van der Waals surface area contributed by atoms with Gasteiger partial charge in [-0.1, -0.05) is 25.0 Å². The monoisotopic (exact) mass is 295 g/mol. The summed E-state index contributed by atoms with van der Waals surface area (Å²) < 4.78 is 18.3. The Morgan fingerprint density at radius 2 is 2.19 bits per heavy atom. The molecule has 0 aromatic heterocycles. The van der Waals surface area contributed by atoms with Crippen LogP contribution in [0.5, 0.6) is 0 Å². The van der Waals surface area contributed by atoms with Gasteiger partial charge in [-0.25, -0.2) is 4.39 Å². The van der Waals surface area contributed by atoms with Gasteiger partial charge in [0.05, 0.1) is 18.1 Å². The van der Waals surface area contributed by atoms with Gasteiger partial charge < -0.3 is 15.2 Å². The highest BCUT2D eigenvalue weighted by Gasteiger charge is 2.42. The summed E-state index contributed by atoms with van der Waals surface area (Å²) in [6.07, 6.45) is 2.59. The molecule has 0 aliphatic heterocycles. The van der Waals surface area contributed by atoms with E-state index in [4.69, 9.17) is 4.74 Å². The van der Waals surface area contributed by atoms with Gasteiger partial charge >= 0.3 is 0 Å². The van der Waals surface area contributed by atoms with Crippen molar-refractivity contribution in [3.05, 3.63) is 35.6 Å². The number of aliphatic hydroxyl groups excluding tert-OH is 1. The van der Waals surface area contributed by atoms with Crippen molar-refractivity contribution in [2.75, 3.05) is 20.3 Å². The van der Waals surface area contributed by atoms with Crippen molar-refractivity contribution in [1.29, 1.82) is 0 Å². The molecule has 1 aromatic carbocycles. The van der Waals surface area contributed by atoms with Crippen molar-refractivity contribution >= 4 is 5.91 Å². The van der Waals surface area contributed by atoms with Crippen LogP contribution in [0.15, 0.2) is 24.3 Å². The molecule has 1 aliphatic rings. The van der Waals surface area contributed by atoms with Crippen LogP contribution in [0.4, 0.5) is 4.39 Å². The Labute approximate surface area is 124 Å². The zero-order valence-corrected chi connectivity index (χ0v) is 12.3. The van der Waals surface area contributed by atoms with E-state index in [0.29, 0.717) is 12.8 Å². The number of ether oxygens (including phenoxy) is 1. The molecule has 116 valence electrons. The van der Waals surface area contributed by atoms with Crippen molar-refractivity contribution in [2.45, 2.75) is 37.2 Å². The number of methoxy groups -OCH3 is 1. The van der Waals surface area contributed by atoms with Crippen LogP contribution in [0.1, 0.15) is 31.2 Å². The lowest BCUT2D eigenvalue weighted by Gasteiger charge is -2.29. The molecule has 2 N–H and O–H groups in total. The predicted molar refractivity (Wildman–Crippen MR) is 77.4 cm³/mol. The van der Waals surface area contributed by atoms with Crippen molar-refractivity contribution in [1.82, 2.24) is 5.32 Å². The normalized spacial score (nSPS) is 18.4. The minimum atomic E-state index is -0.732. The molecule has 1 saturated carbocycles. The van der Waals surface area contributed by atoms with Crippen LogP contribution in [-0.4, -0.2) is 37.4 Å². The molecule has 0 saturated heterocycles. The Balaban J connectivity index is 2.13. The first-order valence-electron chi connectivity index (χ1n) is 7.30. The van der Waals surface area contributed by atoms with Crippen molar-refractivity contribution in [2.24, 2.45) is 0 Å². The van der Waals surface area contributed by atoms with Crippen LogP contribution in [0.25, 0.3) is 0 Å². The van der Waals surface area contributed by atoms with E-state index in [9.17, 15) is 14.3 Å². The molecular weight excluding hydrogens is 273 g/mol. The Kier molecular flexibility index (Phi) is 5.31. The maximum Gasteiger partial charge on any atom is 0.230 e. The van der Waals surface area contributed by atoms with E-state index < -0.39 is 11.5 Å². The largest absolute Gasteiger partial charge is 0.389 e. The van der Waals surface area contributed by atoms with Gasteiger partial charge in [0.25, 0.3) is 0 Å². The molecule has 1 atom stereocenters. The first-order chi connectivity index (χ1) is 10.1. The van der Waals surface area contributed by atoms with Gasteiger partial charge in [0, 0.05) is 13.7 Å². The molecule has 0 heterocycles. The van der Waals surface area contributed by atoms with Gasteiger partial charge in [-0.15, -0.1) is 0 Å². The summed E-state index contributed by atoms with van der Waals surface area (Å²) in [6, 6.07) is 6.26. The first-order valence-corrected chi connectivity index (χ1v) is 7.30. The van der Waals surface area contributed by atoms with E-state index in [1.165, 1.54) is 19.2 Å². The number of halogens is 1. The van der Waals surface area contributed by atoms with E-state index >= 15 is 0 Å². The fourth-order valence-electron chi connectivity index (χ4n) is 3.04. The summed E-state index contributed by atoms with van der Waals surface area (Å²) in [6.45, 7) is 0.316. The number of amides is 1. The number of rotatable bonds is 6. The highest BCUT2D eigenvalue weighted by Crippen LogP contribution is 2.41. The number of hydrogen-bond donors (Lipinski definition) is 2. The zero-order chi connectivity index (χ0) is 15.3. The van der Waals surface area contributed by atoms with Gasteiger partial charge in [-0.2, -0.15) is 0 Å². The molecular formula is C16H22FNO3. The van der Waals surface area contributed by atoms with Crippen molar-refractivity contribution in [3.8, 4) is 0 Å². The highest BCUT2D eigenvalue weighted by atomic mass is 19.1. The molecule has 1 aromatic rings. The third-order valence-electron chi connectivity index (χ3n) is 4.13. The topological polar surface area (TPSA) is 58.6 Å². The predicted octanol–water partition coefficient (Wildman–Crippen LogP) is 1.76. The molecule has 21 heavy (non-hydrogen) atoms. The molecule has 0 bridgehead atoms. The Hall–Kier alpha value is -1.46. The lowest BCUT2D eigenvalue weighted by atomic mass is 9.78. The summed E-state index contributed by atoms with van der Waals surface area (Å²) >= 11 is 0. The minimum absolute atomic E-state index is 0.138. The summed E-state index contributed by atoms with van der Waals surface area (Å²) in [4.78, 5) is 12.6. The SMILES string of the molecule is COCC(O)CNC(=O)C1(c2cccc(F)c2)CCCC1. The molecule has 2 rings (SSSR count). The molecule has 1 unspecified atom stereocenters. The van der Waals surface area contributed by atoms with E-state index in [1.54, 1.807) is 12.1 Å². The van der Waals surface area contributed by atoms with E-state index in [0.717, 1.165) is 18.4 Å². The maximum atomic E-state index is 13.5. The van der Waals surface area contributed by atoms with Crippen molar-refractivity contribution in [3.63, 3.8) is 0 Å². The number of benzene rings is 1. The number of nitrogens with one attached hydrogen (secondary N) is 1. The summed E-state index contributed by atoms with van der Waals surface area (Å²) in [5.41, 5.74) is 0.0493. The third kappa shape index (κ3) is 3.60. The second-order valence-electron chi connectivity index (χ2n) is 5.62. The van der Waals surface area contributed by atoms with Gasteiger partial charge in [0.1, 0.15) is 5.82 Å². The molecule has 5 heteroatoms. The highest BCUT2D eigenvalue weighted by molar-refractivity contribution is 5.88. The molecule has 1 aliphatic carbocycles. The number of carbonyl (C=O) groups is 1. The Morgan fingerprint density at radius 3 is 2.81 bits per heavy atom. The minimum Gasteiger partial charge on any atom is -0.389 e. The second-order valence-corrected chi connectivity index (χ2v) is 5.62. The quantitative estimate of drug-likeness (QED) is 0.841. The van der Waals surface area contributed by atoms with Gasteiger partial charge in [0.2, 0.25) is 5.91 Å². The summed E-state index contributed by atoms with van der Waals surface area (Å²) in [5, 5.41) is 12.4. The second kappa shape index (κ2) is 7.00. The fourth-order valence-corrected chi connectivity index (χ4v) is 3.04. The molecule has 1 fully saturated rings. The van der Waals surface area contributed by atoms with Crippen LogP contribution in [-0.2, 0) is 14.9 Å². The Bertz CT molecular complexity index is 486. The van der Waals surface area contributed by atoms with Crippen LogP contribution >= 0.6 is 0 Å². The fraction of sp³-hybridized carbons (Fsp3) is 0.562. The van der Waals surface area contributed by atoms with E-state index in [-0.39, 0.29) is 24.9 Å². The molecule has 4 nitrogen and oxygen atoms in total. The standard InChI is InChI=1S/C16H22FNO3/c1-21-11-14(19)10-18-15(20)16(7-2-3-8-16)12-5-4-6-13(17)9-12/h4-6,9,14,19H,2-3,7-8,10-11H2,1H3,(H,18,20). The molecule has 1 amide bonds. The van der Waals surface area contributed by atoms with Crippen LogP contribution in [0.3, 0.4) is 0 Å². The average Bonchev–Trinajstić information content (AvgIpc) is 2.96. The van der Waals surface area contributed by atoms with E-state index in [2.05, 4.69) is 5.32 Å². The lowest BCUT2D eigenvalue weighted by molar-refractivity contribution is -0.127. The maximum absolute atomic E-state index is 13.5. The zero-order valence-electron chi connectivity index (χ0n) is 12.3. The number of hydrogen-bond acceptors (Lipinski definition) is 3. The van der Waals surface area contributed by atoms with Gasteiger partial charge in [-0.3, -0.25) is 4.79 Å². The van der Waals surface area contributed by atoms with Gasteiger partial charge in [-0.05, 0) is 30.5 Å². The van der Waals surface area contributed by atoms with Gasteiger partial charge in [0.15, 0.2) is 0 Å². The molecule has 0 spiro atoms. The van der Waals surface area contributed by atoms with Crippen LogP contribution in [0.2, 0.25) is 0 Å². The van der Waals surface area contributed by atoms with Crippen LogP contribution < -0.4 is 5.32 Å². The van der Waals surface area contributed by atoms with Crippen molar-refractivity contribution < 1.29 is 19.0 Å². The number of aliphatic hydroxyl groups is 1. The summed E-state index contributed by atoms with van der Waals surface area (Å²) in [5.74, 6) is -0.466. The van der Waals surface area contributed by atoms with Crippen LogP contribution in [0, 0.1) is 5.82 Å². The first kappa shape index (κ1) is 15.9.